The molecule has 4 nitrogen and oxygen atoms in total. The molecule has 1 aromatic heterocycles. The lowest BCUT2D eigenvalue weighted by Crippen LogP contribution is -2.42. The molecule has 26 heavy (non-hydrogen) atoms. The molecule has 0 aliphatic carbocycles. The number of hydrogen-bond acceptors (Lipinski definition) is 3. The molecule has 5 heteroatoms. The van der Waals surface area contributed by atoms with Crippen LogP contribution in [-0.4, -0.2) is 52.9 Å². The second-order valence-corrected chi connectivity index (χ2v) is 7.23. The highest BCUT2D eigenvalue weighted by atomic mass is 19.1. The Hall–Kier alpha value is -2.27. The maximum Gasteiger partial charge on any atom is 0.254 e. The number of aromatic nitrogens is 1. The molecule has 0 saturated carbocycles. The number of nitrogens with zero attached hydrogens (tertiary/aromatic N) is 3. The lowest BCUT2D eigenvalue weighted by atomic mass is 10.0. The molecule has 2 aliphatic heterocycles. The van der Waals surface area contributed by atoms with E-state index in [1.165, 1.54) is 18.9 Å². The zero-order chi connectivity index (χ0) is 17.9. The Morgan fingerprint density at radius 1 is 1.08 bits per heavy atom. The molecule has 4 rings (SSSR count). The van der Waals surface area contributed by atoms with Crippen LogP contribution in [0.1, 0.15) is 36.0 Å². The zero-order valence-electron chi connectivity index (χ0n) is 14.9. The SMILES string of the molecule is O=C(c1ccc(-c2ccncc2)c(F)c1)N1CCCC1CN1CCCC1. The van der Waals surface area contributed by atoms with E-state index >= 15 is 0 Å². The Kier molecular flexibility index (Phi) is 4.98. The van der Waals surface area contributed by atoms with Gasteiger partial charge in [0.15, 0.2) is 0 Å². The van der Waals surface area contributed by atoms with Crippen LogP contribution in [-0.2, 0) is 0 Å². The maximum absolute atomic E-state index is 14.6. The van der Waals surface area contributed by atoms with E-state index in [0.717, 1.165) is 44.6 Å². The van der Waals surface area contributed by atoms with Gasteiger partial charge in [0, 0.05) is 42.7 Å². The van der Waals surface area contributed by atoms with Gasteiger partial charge >= 0.3 is 0 Å². The van der Waals surface area contributed by atoms with E-state index in [-0.39, 0.29) is 17.8 Å². The van der Waals surface area contributed by atoms with Crippen molar-refractivity contribution in [3.8, 4) is 11.1 Å². The first-order valence-corrected chi connectivity index (χ1v) is 9.45. The van der Waals surface area contributed by atoms with Crippen LogP contribution >= 0.6 is 0 Å². The van der Waals surface area contributed by atoms with Crippen molar-refractivity contribution in [3.05, 3.63) is 54.1 Å². The Morgan fingerprint density at radius 3 is 2.58 bits per heavy atom. The third-order valence-corrected chi connectivity index (χ3v) is 5.51. The molecule has 2 aromatic rings. The number of halogens is 1. The van der Waals surface area contributed by atoms with E-state index in [0.29, 0.717) is 11.1 Å². The van der Waals surface area contributed by atoms with Crippen LogP contribution in [0.2, 0.25) is 0 Å². The number of amides is 1. The minimum absolute atomic E-state index is 0.0492. The van der Waals surface area contributed by atoms with Crippen molar-refractivity contribution in [3.63, 3.8) is 0 Å². The molecule has 2 saturated heterocycles. The molecule has 0 spiro atoms. The van der Waals surface area contributed by atoms with Crippen molar-refractivity contribution in [1.82, 2.24) is 14.8 Å². The molecule has 1 unspecified atom stereocenters. The topological polar surface area (TPSA) is 36.4 Å². The van der Waals surface area contributed by atoms with Crippen LogP contribution < -0.4 is 0 Å². The first kappa shape index (κ1) is 17.2. The van der Waals surface area contributed by atoms with Gasteiger partial charge in [0.05, 0.1) is 0 Å². The molecule has 2 aliphatic rings. The minimum Gasteiger partial charge on any atom is -0.334 e. The number of carbonyl (C=O) groups is 1. The molecule has 1 atom stereocenters. The van der Waals surface area contributed by atoms with E-state index in [1.807, 2.05) is 4.90 Å². The second kappa shape index (κ2) is 7.54. The standard InChI is InChI=1S/C21H24FN3O/c22-20-14-17(5-6-19(20)16-7-9-23-10-8-16)21(26)25-13-3-4-18(25)15-24-11-1-2-12-24/h5-10,14,18H,1-4,11-13,15H2. The highest BCUT2D eigenvalue weighted by molar-refractivity contribution is 5.95. The highest BCUT2D eigenvalue weighted by Crippen LogP contribution is 2.26. The minimum atomic E-state index is -0.364. The summed E-state index contributed by atoms with van der Waals surface area (Å²) in [7, 11) is 0. The first-order chi connectivity index (χ1) is 12.7. The van der Waals surface area contributed by atoms with Gasteiger partial charge in [-0.2, -0.15) is 0 Å². The van der Waals surface area contributed by atoms with Crippen molar-refractivity contribution in [1.29, 1.82) is 0 Å². The Bertz CT molecular complexity index is 774. The lowest BCUT2D eigenvalue weighted by molar-refractivity contribution is 0.0708. The fraction of sp³-hybridized carbons (Fsp3) is 0.429. The highest BCUT2D eigenvalue weighted by Gasteiger charge is 2.31. The van der Waals surface area contributed by atoms with E-state index in [1.54, 1.807) is 36.7 Å². The summed E-state index contributed by atoms with van der Waals surface area (Å²) in [5.74, 6) is -0.413. The summed E-state index contributed by atoms with van der Waals surface area (Å²) < 4.78 is 14.6. The van der Waals surface area contributed by atoms with Crippen LogP contribution in [0.3, 0.4) is 0 Å². The van der Waals surface area contributed by atoms with E-state index in [4.69, 9.17) is 0 Å². The average molecular weight is 353 g/mol. The van der Waals surface area contributed by atoms with E-state index < -0.39 is 0 Å². The first-order valence-electron chi connectivity index (χ1n) is 9.45. The van der Waals surface area contributed by atoms with Crippen molar-refractivity contribution in [2.75, 3.05) is 26.2 Å². The molecule has 1 amide bonds. The van der Waals surface area contributed by atoms with Crippen molar-refractivity contribution >= 4 is 5.91 Å². The predicted octanol–water partition coefficient (Wildman–Crippen LogP) is 3.59. The number of pyridine rings is 1. The van der Waals surface area contributed by atoms with E-state index in [2.05, 4.69) is 9.88 Å². The summed E-state index contributed by atoms with van der Waals surface area (Å²) in [5.41, 5.74) is 1.71. The number of benzene rings is 1. The largest absolute Gasteiger partial charge is 0.334 e. The van der Waals surface area contributed by atoms with Gasteiger partial charge in [0.25, 0.3) is 5.91 Å². The number of carbonyl (C=O) groups excluding carboxylic acids is 1. The quantitative estimate of drug-likeness (QED) is 0.843. The van der Waals surface area contributed by atoms with Gasteiger partial charge in [-0.05, 0) is 68.6 Å². The molecule has 2 fully saturated rings. The summed E-state index contributed by atoms with van der Waals surface area (Å²) in [6.45, 7) is 3.98. The van der Waals surface area contributed by atoms with Gasteiger partial charge in [-0.25, -0.2) is 4.39 Å². The number of likely N-dealkylation sites (tertiary alicyclic amines) is 2. The summed E-state index contributed by atoms with van der Waals surface area (Å²) in [6, 6.07) is 8.61. The van der Waals surface area contributed by atoms with Gasteiger partial charge in [-0.3, -0.25) is 9.78 Å². The fourth-order valence-corrected chi connectivity index (χ4v) is 4.14. The lowest BCUT2D eigenvalue weighted by Gasteiger charge is -2.28. The van der Waals surface area contributed by atoms with Crippen LogP contribution in [0.4, 0.5) is 4.39 Å². The van der Waals surface area contributed by atoms with Gasteiger partial charge in [-0.15, -0.1) is 0 Å². The molecular formula is C21H24FN3O. The molecular weight excluding hydrogens is 329 g/mol. The Balaban J connectivity index is 1.51. The molecule has 0 radical (unpaired) electrons. The molecule has 1 aromatic carbocycles. The summed E-state index contributed by atoms with van der Waals surface area (Å²) in [5, 5.41) is 0. The third-order valence-electron chi connectivity index (χ3n) is 5.51. The summed E-state index contributed by atoms with van der Waals surface area (Å²) in [4.78, 5) is 21.3. The average Bonchev–Trinajstić information content (AvgIpc) is 3.34. The Morgan fingerprint density at radius 2 is 1.85 bits per heavy atom. The van der Waals surface area contributed by atoms with Crippen molar-refractivity contribution < 1.29 is 9.18 Å². The predicted molar refractivity (Wildman–Crippen MR) is 99.4 cm³/mol. The molecule has 0 N–H and O–H groups in total. The van der Waals surface area contributed by atoms with Crippen molar-refractivity contribution in [2.45, 2.75) is 31.7 Å². The Labute approximate surface area is 153 Å². The van der Waals surface area contributed by atoms with Crippen LogP contribution in [0.5, 0.6) is 0 Å². The second-order valence-electron chi connectivity index (χ2n) is 7.23. The monoisotopic (exact) mass is 353 g/mol. The van der Waals surface area contributed by atoms with Crippen LogP contribution in [0, 0.1) is 5.82 Å². The van der Waals surface area contributed by atoms with Gasteiger partial charge in [0.1, 0.15) is 5.82 Å². The smallest absolute Gasteiger partial charge is 0.254 e. The molecule has 136 valence electrons. The fourth-order valence-electron chi connectivity index (χ4n) is 4.14. The van der Waals surface area contributed by atoms with Crippen LogP contribution in [0.15, 0.2) is 42.7 Å². The normalized spacial score (nSPS) is 20.7. The van der Waals surface area contributed by atoms with Crippen molar-refractivity contribution in [2.24, 2.45) is 0 Å². The van der Waals surface area contributed by atoms with E-state index in [9.17, 15) is 9.18 Å². The molecule has 0 bridgehead atoms. The summed E-state index contributed by atoms with van der Waals surface area (Å²) in [6.07, 6.45) is 7.86. The third kappa shape index (κ3) is 3.49. The molecule has 3 heterocycles. The summed E-state index contributed by atoms with van der Waals surface area (Å²) >= 11 is 0. The zero-order valence-corrected chi connectivity index (χ0v) is 14.9. The number of hydrogen-bond donors (Lipinski definition) is 0. The van der Waals surface area contributed by atoms with Gasteiger partial charge < -0.3 is 9.80 Å². The number of rotatable bonds is 4. The maximum atomic E-state index is 14.6. The van der Waals surface area contributed by atoms with Crippen LogP contribution in [0.25, 0.3) is 11.1 Å². The van der Waals surface area contributed by atoms with Gasteiger partial charge in [0.2, 0.25) is 0 Å². The van der Waals surface area contributed by atoms with Gasteiger partial charge in [-0.1, -0.05) is 6.07 Å².